The van der Waals surface area contributed by atoms with Crippen LogP contribution in [-0.2, 0) is 20.1 Å². The standard InChI is InChI=1S/C23H22N.Ir/c1-14-3-10-22-19(11-14)12-15(2)23(24-22)18-8-9-20-16-4-6-17(7-5-16)21(20)13-18;/h3,9-13,16-17H,4-7H2,1-2H3;/q-1;. The van der Waals surface area contributed by atoms with Gasteiger partial charge in [0.25, 0.3) is 0 Å². The van der Waals surface area contributed by atoms with Gasteiger partial charge in [-0.25, -0.2) is 0 Å². The van der Waals surface area contributed by atoms with Gasteiger partial charge in [0.05, 0.1) is 5.52 Å². The second-order valence-electron chi connectivity index (χ2n) is 7.66. The van der Waals surface area contributed by atoms with E-state index in [9.17, 15) is 0 Å². The summed E-state index contributed by atoms with van der Waals surface area (Å²) in [6, 6.07) is 17.0. The van der Waals surface area contributed by atoms with E-state index in [1.54, 1.807) is 11.1 Å². The molecular weight excluding hydrogens is 482 g/mol. The van der Waals surface area contributed by atoms with Gasteiger partial charge in [0.2, 0.25) is 0 Å². The Kier molecular flexibility index (Phi) is 4.30. The molecule has 129 valence electrons. The van der Waals surface area contributed by atoms with Crippen molar-refractivity contribution in [3.63, 3.8) is 0 Å². The monoisotopic (exact) mass is 505 g/mol. The van der Waals surface area contributed by atoms with E-state index >= 15 is 0 Å². The summed E-state index contributed by atoms with van der Waals surface area (Å²) in [5.41, 5.74) is 9.01. The van der Waals surface area contributed by atoms with Crippen LogP contribution in [-0.4, -0.2) is 4.98 Å². The van der Waals surface area contributed by atoms with Crippen molar-refractivity contribution in [3.05, 3.63) is 64.7 Å². The molecule has 2 aromatic carbocycles. The molecular formula is C23H22IrN-. The molecule has 0 atom stereocenters. The zero-order chi connectivity index (χ0) is 16.3. The van der Waals surface area contributed by atoms with E-state index in [-0.39, 0.29) is 20.1 Å². The van der Waals surface area contributed by atoms with Crippen LogP contribution in [0.25, 0.3) is 22.2 Å². The fourth-order valence-corrected chi connectivity index (χ4v) is 4.75. The summed E-state index contributed by atoms with van der Waals surface area (Å²) in [6.07, 6.45) is 5.48. The van der Waals surface area contributed by atoms with Gasteiger partial charge in [-0.05, 0) is 55.8 Å². The Balaban J connectivity index is 0.00000157. The molecule has 2 heteroatoms. The van der Waals surface area contributed by atoms with Gasteiger partial charge in [-0.2, -0.15) is 0 Å². The largest absolute Gasteiger partial charge is 0.296 e. The first kappa shape index (κ1) is 16.9. The number of rotatable bonds is 1. The maximum Gasteiger partial charge on any atom is 0.0595 e. The molecule has 6 rings (SSSR count). The minimum absolute atomic E-state index is 0. The molecule has 0 aliphatic heterocycles. The van der Waals surface area contributed by atoms with Crippen LogP contribution in [0.1, 0.15) is 59.8 Å². The van der Waals surface area contributed by atoms with Crippen molar-refractivity contribution in [3.8, 4) is 11.3 Å². The number of hydrogen-bond donors (Lipinski definition) is 0. The molecule has 0 spiro atoms. The summed E-state index contributed by atoms with van der Waals surface area (Å²) in [4.78, 5) is 4.97. The number of aryl methyl sites for hydroxylation is 2. The van der Waals surface area contributed by atoms with E-state index in [0.717, 1.165) is 23.0 Å². The minimum atomic E-state index is 0. The van der Waals surface area contributed by atoms with Crippen LogP contribution in [0.5, 0.6) is 0 Å². The van der Waals surface area contributed by atoms with Crippen LogP contribution >= 0.6 is 0 Å². The second-order valence-corrected chi connectivity index (χ2v) is 7.66. The molecule has 3 aromatic rings. The Hall–Kier alpha value is -1.50. The van der Waals surface area contributed by atoms with Crippen molar-refractivity contribution in [2.45, 2.75) is 51.4 Å². The Labute approximate surface area is 163 Å². The molecule has 1 saturated carbocycles. The predicted octanol–water partition coefficient (Wildman–Crippen LogP) is 6.07. The first-order valence-electron chi connectivity index (χ1n) is 9.13. The number of fused-ring (bicyclic) bond motifs is 3. The molecule has 3 aliphatic carbocycles. The third-order valence-corrected chi connectivity index (χ3v) is 6.04. The van der Waals surface area contributed by atoms with Crippen LogP contribution in [0, 0.1) is 19.9 Å². The fourth-order valence-electron chi connectivity index (χ4n) is 4.75. The number of benzene rings is 2. The van der Waals surface area contributed by atoms with Crippen LogP contribution in [0.4, 0.5) is 0 Å². The summed E-state index contributed by atoms with van der Waals surface area (Å²) < 4.78 is 0. The third kappa shape index (κ3) is 2.76. The van der Waals surface area contributed by atoms with Gasteiger partial charge in [0.15, 0.2) is 0 Å². The molecule has 1 aromatic heterocycles. The molecule has 3 aliphatic rings. The third-order valence-electron chi connectivity index (χ3n) is 6.04. The summed E-state index contributed by atoms with van der Waals surface area (Å²) in [5, 5.41) is 1.23. The molecule has 0 unspecified atom stereocenters. The summed E-state index contributed by atoms with van der Waals surface area (Å²) in [7, 11) is 0. The average molecular weight is 505 g/mol. The molecule has 1 heterocycles. The Morgan fingerprint density at radius 1 is 0.920 bits per heavy atom. The van der Waals surface area contributed by atoms with E-state index in [4.69, 9.17) is 4.98 Å². The first-order chi connectivity index (χ1) is 11.7. The Morgan fingerprint density at radius 3 is 2.40 bits per heavy atom. The molecule has 0 N–H and O–H groups in total. The van der Waals surface area contributed by atoms with Crippen LogP contribution in [0.2, 0.25) is 0 Å². The Morgan fingerprint density at radius 2 is 1.64 bits per heavy atom. The average Bonchev–Trinajstić information content (AvgIpc) is 2.62. The van der Waals surface area contributed by atoms with E-state index in [2.05, 4.69) is 56.3 Å². The first-order valence-corrected chi connectivity index (χ1v) is 9.13. The molecule has 0 amide bonds. The fraction of sp³-hybridized carbons (Fsp3) is 0.348. The van der Waals surface area contributed by atoms with E-state index in [0.29, 0.717) is 0 Å². The second kappa shape index (κ2) is 6.34. The van der Waals surface area contributed by atoms with Crippen molar-refractivity contribution in [2.75, 3.05) is 0 Å². The van der Waals surface area contributed by atoms with Gasteiger partial charge in [-0.3, -0.25) is 4.98 Å². The molecule has 1 radical (unpaired) electrons. The summed E-state index contributed by atoms with van der Waals surface area (Å²) >= 11 is 0. The SMILES string of the molecule is Cc1ccc2nc(-c3[c-]cc4c(c3)C3CCC4CC3)c(C)cc2c1.[Ir]. The van der Waals surface area contributed by atoms with Gasteiger partial charge in [-0.15, -0.1) is 34.9 Å². The molecule has 0 saturated heterocycles. The quantitative estimate of drug-likeness (QED) is 0.367. The maximum absolute atomic E-state index is 4.97. The number of hydrogen-bond acceptors (Lipinski definition) is 1. The van der Waals surface area contributed by atoms with Crippen LogP contribution in [0.3, 0.4) is 0 Å². The zero-order valence-corrected chi connectivity index (χ0v) is 17.1. The summed E-state index contributed by atoms with van der Waals surface area (Å²) in [6.45, 7) is 4.30. The number of nitrogens with zero attached hydrogens (tertiary/aromatic N) is 1. The van der Waals surface area contributed by atoms with E-state index in [1.807, 2.05) is 0 Å². The van der Waals surface area contributed by atoms with Crippen LogP contribution in [0.15, 0.2) is 36.4 Å². The van der Waals surface area contributed by atoms with Crippen molar-refractivity contribution < 1.29 is 20.1 Å². The molecule has 1 fully saturated rings. The number of pyridine rings is 1. The van der Waals surface area contributed by atoms with Crippen molar-refractivity contribution in [1.82, 2.24) is 4.98 Å². The Bertz CT molecular complexity index is 952. The maximum atomic E-state index is 4.97. The molecule has 25 heavy (non-hydrogen) atoms. The van der Waals surface area contributed by atoms with Crippen molar-refractivity contribution >= 4 is 10.9 Å². The minimum Gasteiger partial charge on any atom is -0.296 e. The van der Waals surface area contributed by atoms with Crippen LogP contribution < -0.4 is 0 Å². The van der Waals surface area contributed by atoms with Gasteiger partial charge < -0.3 is 0 Å². The predicted molar refractivity (Wildman–Crippen MR) is 99.4 cm³/mol. The molecule has 2 bridgehead atoms. The van der Waals surface area contributed by atoms with Gasteiger partial charge in [0, 0.05) is 20.1 Å². The van der Waals surface area contributed by atoms with E-state index < -0.39 is 0 Å². The van der Waals surface area contributed by atoms with Gasteiger partial charge >= 0.3 is 0 Å². The smallest absolute Gasteiger partial charge is 0.0595 e. The van der Waals surface area contributed by atoms with Crippen molar-refractivity contribution in [2.24, 2.45) is 0 Å². The van der Waals surface area contributed by atoms with Gasteiger partial charge in [-0.1, -0.05) is 42.0 Å². The van der Waals surface area contributed by atoms with Gasteiger partial charge in [0.1, 0.15) is 0 Å². The topological polar surface area (TPSA) is 12.9 Å². The van der Waals surface area contributed by atoms with E-state index in [1.165, 1.54) is 47.8 Å². The number of aromatic nitrogens is 1. The summed E-state index contributed by atoms with van der Waals surface area (Å²) in [5.74, 6) is 1.55. The normalized spacial score (nSPS) is 21.0. The van der Waals surface area contributed by atoms with Crippen molar-refractivity contribution in [1.29, 1.82) is 0 Å². The molecule has 1 nitrogen and oxygen atoms in total. The zero-order valence-electron chi connectivity index (χ0n) is 14.7.